The van der Waals surface area contributed by atoms with E-state index in [1.807, 2.05) is 54.2 Å². The Morgan fingerprint density at radius 2 is 2.06 bits per heavy atom. The van der Waals surface area contributed by atoms with E-state index >= 15 is 0 Å². The monoisotopic (exact) mass is 228 g/mol. The molecule has 0 aliphatic carbocycles. The van der Waals surface area contributed by atoms with Crippen LogP contribution >= 0.6 is 0 Å². The van der Waals surface area contributed by atoms with Gasteiger partial charge in [-0.1, -0.05) is 18.2 Å². The van der Waals surface area contributed by atoms with Gasteiger partial charge in [-0.05, 0) is 43.2 Å². The van der Waals surface area contributed by atoms with Gasteiger partial charge in [-0.3, -0.25) is 0 Å². The molecule has 0 bridgehead atoms. The van der Waals surface area contributed by atoms with Crippen molar-refractivity contribution in [3.63, 3.8) is 0 Å². The van der Waals surface area contributed by atoms with Gasteiger partial charge in [-0.25, -0.2) is 4.68 Å². The van der Waals surface area contributed by atoms with Crippen LogP contribution in [0.25, 0.3) is 11.8 Å². The van der Waals surface area contributed by atoms with Crippen LogP contribution in [0, 0.1) is 0 Å². The highest BCUT2D eigenvalue weighted by Crippen LogP contribution is 2.13. The summed E-state index contributed by atoms with van der Waals surface area (Å²) in [6.07, 6.45) is 5.25. The van der Waals surface area contributed by atoms with Crippen molar-refractivity contribution in [2.45, 2.75) is 20.0 Å². The Labute approximate surface area is 101 Å². The number of hydrogen-bond acceptors (Lipinski definition) is 2. The fraction of sp³-hybridized carbons (Fsp3) is 0.214. The van der Waals surface area contributed by atoms with Crippen LogP contribution < -0.4 is 0 Å². The van der Waals surface area contributed by atoms with E-state index in [0.717, 1.165) is 16.8 Å². The molecule has 0 amide bonds. The summed E-state index contributed by atoms with van der Waals surface area (Å²) in [5.41, 5.74) is 3.07. The lowest BCUT2D eigenvalue weighted by atomic mass is 10.1. The molecule has 0 fully saturated rings. The summed E-state index contributed by atoms with van der Waals surface area (Å²) in [7, 11) is 0. The van der Waals surface area contributed by atoms with Gasteiger partial charge in [0.15, 0.2) is 0 Å². The SMILES string of the molecule is C/C(=C\c1ccc(-n2cccn2)cc1)C(C)O. The molecule has 0 aliphatic heterocycles. The van der Waals surface area contributed by atoms with E-state index in [4.69, 9.17) is 0 Å². The number of benzene rings is 1. The Kier molecular flexibility index (Phi) is 3.40. The van der Waals surface area contributed by atoms with E-state index in [1.54, 1.807) is 13.1 Å². The van der Waals surface area contributed by atoms with Crippen molar-refractivity contribution in [3.05, 3.63) is 53.9 Å². The van der Waals surface area contributed by atoms with Crippen LogP contribution in [-0.2, 0) is 0 Å². The predicted octanol–water partition coefficient (Wildman–Crippen LogP) is 2.66. The lowest BCUT2D eigenvalue weighted by Gasteiger charge is -2.05. The van der Waals surface area contributed by atoms with Crippen molar-refractivity contribution in [1.29, 1.82) is 0 Å². The van der Waals surface area contributed by atoms with Gasteiger partial charge in [-0.15, -0.1) is 0 Å². The molecule has 1 N–H and O–H groups in total. The van der Waals surface area contributed by atoms with E-state index in [1.165, 1.54) is 0 Å². The average Bonchev–Trinajstić information content (AvgIpc) is 2.83. The lowest BCUT2D eigenvalue weighted by Crippen LogP contribution is -2.00. The Balaban J connectivity index is 2.22. The van der Waals surface area contributed by atoms with Gasteiger partial charge >= 0.3 is 0 Å². The highest BCUT2D eigenvalue weighted by atomic mass is 16.3. The van der Waals surface area contributed by atoms with Crippen LogP contribution in [0.3, 0.4) is 0 Å². The van der Waals surface area contributed by atoms with Crippen molar-refractivity contribution in [1.82, 2.24) is 9.78 Å². The maximum Gasteiger partial charge on any atom is 0.0722 e. The molecule has 1 unspecified atom stereocenters. The minimum Gasteiger partial charge on any atom is -0.389 e. The first kappa shape index (κ1) is 11.6. The van der Waals surface area contributed by atoms with E-state index in [0.29, 0.717) is 0 Å². The van der Waals surface area contributed by atoms with Crippen LogP contribution in [0.1, 0.15) is 19.4 Å². The lowest BCUT2D eigenvalue weighted by molar-refractivity contribution is 0.232. The molecule has 0 saturated heterocycles. The average molecular weight is 228 g/mol. The molecule has 2 rings (SSSR count). The summed E-state index contributed by atoms with van der Waals surface area (Å²) in [6, 6.07) is 9.94. The standard InChI is InChI=1S/C14H16N2O/c1-11(12(2)17)10-13-4-6-14(7-5-13)16-9-3-8-15-16/h3-10,12,17H,1-2H3/b11-10+. The van der Waals surface area contributed by atoms with E-state index < -0.39 is 6.10 Å². The van der Waals surface area contributed by atoms with Gasteiger partial charge in [0.2, 0.25) is 0 Å². The van der Waals surface area contributed by atoms with E-state index in [-0.39, 0.29) is 0 Å². The summed E-state index contributed by atoms with van der Waals surface area (Å²) in [5, 5.41) is 13.6. The smallest absolute Gasteiger partial charge is 0.0722 e. The van der Waals surface area contributed by atoms with Crippen LogP contribution in [0.15, 0.2) is 48.3 Å². The number of aliphatic hydroxyl groups is 1. The summed E-state index contributed by atoms with van der Waals surface area (Å²) in [5.74, 6) is 0. The molecule has 3 heteroatoms. The van der Waals surface area contributed by atoms with Crippen molar-refractivity contribution < 1.29 is 5.11 Å². The first-order valence-electron chi connectivity index (χ1n) is 5.63. The van der Waals surface area contributed by atoms with Crippen LogP contribution in [0.5, 0.6) is 0 Å². The topological polar surface area (TPSA) is 38.0 Å². The molecule has 2 aromatic rings. The second kappa shape index (κ2) is 4.97. The first-order chi connectivity index (χ1) is 8.16. The van der Waals surface area contributed by atoms with Crippen LogP contribution in [0.2, 0.25) is 0 Å². The van der Waals surface area contributed by atoms with E-state index in [9.17, 15) is 5.11 Å². The molecule has 1 aromatic carbocycles. The van der Waals surface area contributed by atoms with Crippen molar-refractivity contribution >= 4 is 6.08 Å². The Hall–Kier alpha value is -1.87. The molecule has 0 aliphatic rings. The maximum atomic E-state index is 9.40. The number of nitrogens with zero attached hydrogens (tertiary/aromatic N) is 2. The third kappa shape index (κ3) is 2.82. The third-order valence-electron chi connectivity index (χ3n) is 2.72. The van der Waals surface area contributed by atoms with E-state index in [2.05, 4.69) is 5.10 Å². The summed E-state index contributed by atoms with van der Waals surface area (Å²) in [4.78, 5) is 0. The van der Waals surface area contributed by atoms with Gasteiger partial charge in [0, 0.05) is 12.4 Å². The van der Waals surface area contributed by atoms with Gasteiger partial charge in [0.05, 0.1) is 11.8 Å². The summed E-state index contributed by atoms with van der Waals surface area (Å²) >= 11 is 0. The second-order valence-corrected chi connectivity index (χ2v) is 4.11. The first-order valence-corrected chi connectivity index (χ1v) is 5.63. The van der Waals surface area contributed by atoms with Crippen LogP contribution in [0.4, 0.5) is 0 Å². The molecule has 0 radical (unpaired) electrons. The molecule has 1 aromatic heterocycles. The predicted molar refractivity (Wildman–Crippen MR) is 68.9 cm³/mol. The number of aromatic nitrogens is 2. The summed E-state index contributed by atoms with van der Waals surface area (Å²) in [6.45, 7) is 3.69. The molecule has 88 valence electrons. The minimum atomic E-state index is -0.402. The van der Waals surface area contributed by atoms with Gasteiger partial charge in [0.1, 0.15) is 0 Å². The molecule has 1 heterocycles. The normalized spacial score (nSPS) is 13.7. The Morgan fingerprint density at radius 3 is 2.59 bits per heavy atom. The van der Waals surface area contributed by atoms with Crippen LogP contribution in [-0.4, -0.2) is 21.0 Å². The molecular formula is C14H16N2O. The number of aliphatic hydroxyl groups excluding tert-OH is 1. The molecule has 17 heavy (non-hydrogen) atoms. The fourth-order valence-corrected chi connectivity index (χ4v) is 1.53. The maximum absolute atomic E-state index is 9.40. The Morgan fingerprint density at radius 1 is 1.35 bits per heavy atom. The zero-order valence-corrected chi connectivity index (χ0v) is 10.0. The second-order valence-electron chi connectivity index (χ2n) is 4.11. The highest BCUT2D eigenvalue weighted by Gasteiger charge is 1.99. The zero-order chi connectivity index (χ0) is 12.3. The Bertz CT molecular complexity index is 496. The minimum absolute atomic E-state index is 0.402. The third-order valence-corrected chi connectivity index (χ3v) is 2.72. The van der Waals surface area contributed by atoms with Gasteiger partial charge in [0.25, 0.3) is 0 Å². The fourth-order valence-electron chi connectivity index (χ4n) is 1.53. The molecule has 0 saturated carbocycles. The zero-order valence-electron chi connectivity index (χ0n) is 10.0. The summed E-state index contributed by atoms with van der Waals surface area (Å²) < 4.78 is 1.81. The van der Waals surface area contributed by atoms with Crippen molar-refractivity contribution in [2.24, 2.45) is 0 Å². The van der Waals surface area contributed by atoms with Crippen molar-refractivity contribution in [3.8, 4) is 5.69 Å². The van der Waals surface area contributed by atoms with Crippen molar-refractivity contribution in [2.75, 3.05) is 0 Å². The number of hydrogen-bond donors (Lipinski definition) is 1. The molecule has 1 atom stereocenters. The highest BCUT2D eigenvalue weighted by molar-refractivity contribution is 5.54. The molecule has 3 nitrogen and oxygen atoms in total. The van der Waals surface area contributed by atoms with Gasteiger partial charge in [-0.2, -0.15) is 5.10 Å². The largest absolute Gasteiger partial charge is 0.389 e. The quantitative estimate of drug-likeness (QED) is 0.877. The van der Waals surface area contributed by atoms with Gasteiger partial charge < -0.3 is 5.11 Å². The molecular weight excluding hydrogens is 212 g/mol. The molecule has 0 spiro atoms. The number of rotatable bonds is 3.